The number of nitrogens with two attached hydrogens (primary N) is 1. The molecule has 0 spiro atoms. The van der Waals surface area contributed by atoms with Crippen molar-refractivity contribution in [3.8, 4) is 5.75 Å². The number of thiazole rings is 1. The Kier molecular flexibility index (Phi) is 6.30. The van der Waals surface area contributed by atoms with Crippen molar-refractivity contribution < 1.29 is 9.53 Å². The van der Waals surface area contributed by atoms with Crippen LogP contribution in [0, 0.1) is 0 Å². The molecule has 2 N–H and O–H groups in total. The van der Waals surface area contributed by atoms with Gasteiger partial charge in [0.25, 0.3) is 5.91 Å². The van der Waals surface area contributed by atoms with E-state index in [9.17, 15) is 4.79 Å². The average molecular weight is 555 g/mol. The highest BCUT2D eigenvalue weighted by molar-refractivity contribution is 7.18. The number of carbonyl (C=O) groups excluding carboxylic acids is 1. The third kappa shape index (κ3) is 4.79. The summed E-state index contributed by atoms with van der Waals surface area (Å²) in [6.45, 7) is 2.33. The summed E-state index contributed by atoms with van der Waals surface area (Å²) in [4.78, 5) is 31.5. The van der Waals surface area contributed by atoms with Gasteiger partial charge in [-0.05, 0) is 54.8 Å². The molecular weight excluding hydrogens is 531 g/mol. The molecule has 1 aliphatic heterocycles. The first kappa shape index (κ1) is 24.2. The van der Waals surface area contributed by atoms with Gasteiger partial charge in [0.1, 0.15) is 16.3 Å². The number of fused-ring (bicyclic) bond motifs is 1. The molecule has 1 saturated carbocycles. The van der Waals surface area contributed by atoms with Gasteiger partial charge in [-0.25, -0.2) is 9.97 Å². The molecule has 8 nitrogen and oxygen atoms in total. The number of ether oxygens (including phenoxy) is 1. The fourth-order valence-electron chi connectivity index (χ4n) is 4.70. The minimum absolute atomic E-state index is 0.0193. The van der Waals surface area contributed by atoms with Crippen molar-refractivity contribution in [2.75, 3.05) is 43.4 Å². The number of halogens is 2. The van der Waals surface area contributed by atoms with Crippen LogP contribution < -0.4 is 15.4 Å². The van der Waals surface area contributed by atoms with E-state index in [4.69, 9.17) is 38.7 Å². The largest absolute Gasteiger partial charge is 0.484 e. The first-order chi connectivity index (χ1) is 17.9. The molecule has 4 aromatic rings. The van der Waals surface area contributed by atoms with Crippen LogP contribution in [0.1, 0.15) is 23.4 Å². The standard InChI is InChI=1S/C26H24Cl2N6O2S/c27-17-3-1-16(2-4-17)26(9-10-26)24-30-21-22(31-25(29)32-23(21)37-24)34-13-11-33(12-14-34)20(35)15-36-19-7-5-18(28)6-8-19/h1-8H,9-15H2,(H2,29,31,32). The van der Waals surface area contributed by atoms with Gasteiger partial charge in [0.15, 0.2) is 17.3 Å². The second-order valence-electron chi connectivity index (χ2n) is 9.28. The van der Waals surface area contributed by atoms with Crippen molar-refractivity contribution in [3.63, 3.8) is 0 Å². The zero-order valence-electron chi connectivity index (χ0n) is 19.9. The molecule has 2 fully saturated rings. The molecule has 11 heteroatoms. The normalized spacial score (nSPS) is 16.7. The van der Waals surface area contributed by atoms with E-state index in [1.165, 1.54) is 5.56 Å². The lowest BCUT2D eigenvalue weighted by atomic mass is 9.97. The maximum Gasteiger partial charge on any atom is 0.260 e. The SMILES string of the molecule is Nc1nc(N2CCN(C(=O)COc3ccc(Cl)cc3)CC2)c2nc(C3(c4ccc(Cl)cc4)CC3)sc2n1. The van der Waals surface area contributed by atoms with Crippen molar-refractivity contribution in [3.05, 3.63) is 69.1 Å². The number of nitrogen functional groups attached to an aromatic ring is 1. The first-order valence-electron chi connectivity index (χ1n) is 12.0. The summed E-state index contributed by atoms with van der Waals surface area (Å²) in [6.07, 6.45) is 2.07. The highest BCUT2D eigenvalue weighted by Gasteiger charge is 2.49. The van der Waals surface area contributed by atoms with Crippen molar-refractivity contribution in [2.24, 2.45) is 0 Å². The lowest BCUT2D eigenvalue weighted by Gasteiger charge is -2.35. The molecular formula is C26H24Cl2N6O2S. The fourth-order valence-corrected chi connectivity index (χ4v) is 6.17. The zero-order chi connectivity index (χ0) is 25.6. The van der Waals surface area contributed by atoms with Crippen LogP contribution in [0.3, 0.4) is 0 Å². The minimum atomic E-state index is -0.100. The molecule has 1 saturated heterocycles. The van der Waals surface area contributed by atoms with Crippen LogP contribution in [-0.2, 0) is 10.2 Å². The first-order valence-corrected chi connectivity index (χ1v) is 13.6. The molecule has 2 aliphatic rings. The monoisotopic (exact) mass is 554 g/mol. The highest BCUT2D eigenvalue weighted by atomic mass is 35.5. The van der Waals surface area contributed by atoms with Crippen LogP contribution in [0.2, 0.25) is 10.0 Å². The van der Waals surface area contributed by atoms with E-state index in [-0.39, 0.29) is 23.9 Å². The number of piperazine rings is 1. The molecule has 3 heterocycles. The van der Waals surface area contributed by atoms with Crippen LogP contribution in [0.4, 0.5) is 11.8 Å². The van der Waals surface area contributed by atoms with Crippen LogP contribution in [0.25, 0.3) is 10.3 Å². The van der Waals surface area contributed by atoms with Crippen molar-refractivity contribution >= 4 is 62.6 Å². The van der Waals surface area contributed by atoms with Gasteiger partial charge in [-0.1, -0.05) is 46.7 Å². The Bertz CT molecular complexity index is 1450. The summed E-state index contributed by atoms with van der Waals surface area (Å²) in [5.41, 5.74) is 7.98. The lowest BCUT2D eigenvalue weighted by Crippen LogP contribution is -2.50. The van der Waals surface area contributed by atoms with Gasteiger partial charge >= 0.3 is 0 Å². The van der Waals surface area contributed by atoms with Gasteiger partial charge < -0.3 is 20.3 Å². The molecule has 2 aromatic carbocycles. The van der Waals surface area contributed by atoms with Crippen molar-refractivity contribution in [1.29, 1.82) is 0 Å². The summed E-state index contributed by atoms with van der Waals surface area (Å²) in [6, 6.07) is 15.0. The van der Waals surface area contributed by atoms with E-state index >= 15 is 0 Å². The predicted octanol–water partition coefficient (Wildman–Crippen LogP) is 4.78. The topological polar surface area (TPSA) is 97.5 Å². The molecule has 190 valence electrons. The van der Waals surface area contributed by atoms with Crippen LogP contribution in [0.15, 0.2) is 48.5 Å². The second-order valence-corrected chi connectivity index (χ2v) is 11.1. The number of rotatable bonds is 6. The predicted molar refractivity (Wildman–Crippen MR) is 147 cm³/mol. The molecule has 6 rings (SSSR count). The highest BCUT2D eigenvalue weighted by Crippen LogP contribution is 2.55. The minimum Gasteiger partial charge on any atom is -0.484 e. The fraction of sp³-hybridized carbons (Fsp3) is 0.308. The zero-order valence-corrected chi connectivity index (χ0v) is 22.2. The van der Waals surface area contributed by atoms with Gasteiger partial charge in [0.2, 0.25) is 5.95 Å². The molecule has 1 aliphatic carbocycles. The third-order valence-corrected chi connectivity index (χ3v) is 8.58. The molecule has 0 bridgehead atoms. The number of nitrogens with zero attached hydrogens (tertiary/aromatic N) is 5. The van der Waals surface area contributed by atoms with E-state index < -0.39 is 0 Å². The van der Waals surface area contributed by atoms with Gasteiger partial charge in [0.05, 0.1) is 0 Å². The maximum absolute atomic E-state index is 12.7. The number of carbonyl (C=O) groups is 1. The number of anilines is 2. The average Bonchev–Trinajstić information content (AvgIpc) is 3.61. The molecule has 1 amide bonds. The summed E-state index contributed by atoms with van der Waals surface area (Å²) in [7, 11) is 0. The van der Waals surface area contributed by atoms with Gasteiger partial charge in [-0.2, -0.15) is 4.98 Å². The Morgan fingerprint density at radius 2 is 1.59 bits per heavy atom. The lowest BCUT2D eigenvalue weighted by molar-refractivity contribution is -0.133. The van der Waals surface area contributed by atoms with E-state index in [1.54, 1.807) is 40.5 Å². The number of aromatic nitrogens is 3. The number of hydrogen-bond acceptors (Lipinski definition) is 8. The Hall–Kier alpha value is -3.14. The summed E-state index contributed by atoms with van der Waals surface area (Å²) < 4.78 is 5.63. The smallest absolute Gasteiger partial charge is 0.260 e. The Labute approximate surface area is 228 Å². The van der Waals surface area contributed by atoms with E-state index in [1.807, 2.05) is 12.1 Å². The van der Waals surface area contributed by atoms with E-state index in [0.717, 1.165) is 39.0 Å². The summed E-state index contributed by atoms with van der Waals surface area (Å²) >= 11 is 13.6. The molecule has 0 radical (unpaired) electrons. The molecule has 37 heavy (non-hydrogen) atoms. The van der Waals surface area contributed by atoms with Crippen LogP contribution in [-0.4, -0.2) is 58.5 Å². The van der Waals surface area contributed by atoms with E-state index in [2.05, 4.69) is 27.0 Å². The third-order valence-electron chi connectivity index (χ3n) is 6.92. The molecule has 0 atom stereocenters. The second kappa shape index (κ2) is 9.63. The summed E-state index contributed by atoms with van der Waals surface area (Å²) in [5.74, 6) is 1.50. The van der Waals surface area contributed by atoms with Crippen LogP contribution >= 0.6 is 34.5 Å². The van der Waals surface area contributed by atoms with Gasteiger partial charge in [0, 0.05) is 41.6 Å². The summed E-state index contributed by atoms with van der Waals surface area (Å²) in [5, 5.41) is 2.37. The maximum atomic E-state index is 12.7. The van der Waals surface area contributed by atoms with E-state index in [0.29, 0.717) is 37.0 Å². The van der Waals surface area contributed by atoms with Crippen LogP contribution in [0.5, 0.6) is 5.75 Å². The Morgan fingerprint density at radius 1 is 0.946 bits per heavy atom. The molecule has 0 unspecified atom stereocenters. The molecule has 2 aromatic heterocycles. The number of hydrogen-bond donors (Lipinski definition) is 1. The quantitative estimate of drug-likeness (QED) is 0.366. The van der Waals surface area contributed by atoms with Gasteiger partial charge in [-0.15, -0.1) is 0 Å². The van der Waals surface area contributed by atoms with Crippen molar-refractivity contribution in [1.82, 2.24) is 19.9 Å². The Morgan fingerprint density at radius 3 is 2.24 bits per heavy atom. The Balaban J connectivity index is 1.17. The van der Waals surface area contributed by atoms with Crippen molar-refractivity contribution in [2.45, 2.75) is 18.3 Å². The van der Waals surface area contributed by atoms with Gasteiger partial charge in [-0.3, -0.25) is 4.79 Å². The number of benzene rings is 2. The number of amides is 1.